The zero-order valence-corrected chi connectivity index (χ0v) is 10.9. The number of rotatable bonds is 4. The fourth-order valence-electron chi connectivity index (χ4n) is 2.26. The van der Waals surface area contributed by atoms with Crippen molar-refractivity contribution < 1.29 is 9.26 Å². The first-order valence-corrected chi connectivity index (χ1v) is 6.40. The maximum atomic E-state index is 5.76. The van der Waals surface area contributed by atoms with Crippen LogP contribution in [0.25, 0.3) is 0 Å². The van der Waals surface area contributed by atoms with Crippen LogP contribution in [0.5, 0.6) is 0 Å². The molecule has 0 aliphatic carbocycles. The van der Waals surface area contributed by atoms with Gasteiger partial charge in [0.2, 0.25) is 5.89 Å². The predicted octanol–water partition coefficient (Wildman–Crippen LogP) is 0.476. The van der Waals surface area contributed by atoms with Crippen LogP contribution in [0.3, 0.4) is 0 Å². The van der Waals surface area contributed by atoms with Crippen LogP contribution < -0.4 is 0 Å². The Morgan fingerprint density at radius 3 is 3.16 bits per heavy atom. The number of nitrogens with zero attached hydrogens (tertiary/aromatic N) is 5. The van der Waals surface area contributed by atoms with Gasteiger partial charge in [-0.2, -0.15) is 10.1 Å². The van der Waals surface area contributed by atoms with Gasteiger partial charge in [-0.1, -0.05) is 5.16 Å². The molecule has 0 N–H and O–H groups in total. The Bertz CT molecular complexity index is 510. The van der Waals surface area contributed by atoms with E-state index in [1.54, 1.807) is 13.1 Å². The van der Waals surface area contributed by atoms with E-state index in [1.807, 2.05) is 16.9 Å². The molecule has 2 aromatic heterocycles. The van der Waals surface area contributed by atoms with Crippen molar-refractivity contribution >= 4 is 0 Å². The van der Waals surface area contributed by atoms with Crippen molar-refractivity contribution in [1.82, 2.24) is 24.8 Å². The Hall–Kier alpha value is -1.73. The normalized spacial score (nSPS) is 20.8. The summed E-state index contributed by atoms with van der Waals surface area (Å²) in [5.41, 5.74) is 0. The zero-order chi connectivity index (χ0) is 13.1. The second-order valence-corrected chi connectivity index (χ2v) is 4.69. The lowest BCUT2D eigenvalue weighted by Gasteiger charge is -2.31. The molecule has 7 heteroatoms. The van der Waals surface area contributed by atoms with Crippen molar-refractivity contribution in [2.75, 3.05) is 19.7 Å². The molecule has 0 bridgehead atoms. The van der Waals surface area contributed by atoms with Gasteiger partial charge in [0, 0.05) is 32.4 Å². The van der Waals surface area contributed by atoms with Gasteiger partial charge >= 0.3 is 0 Å². The average molecular weight is 263 g/mol. The van der Waals surface area contributed by atoms with Crippen LogP contribution in [0.1, 0.15) is 11.7 Å². The quantitative estimate of drug-likeness (QED) is 0.799. The zero-order valence-electron chi connectivity index (χ0n) is 10.9. The molecule has 0 amide bonds. The fraction of sp³-hybridized carbons (Fsp3) is 0.583. The highest BCUT2D eigenvalue weighted by atomic mass is 16.5. The van der Waals surface area contributed by atoms with Crippen molar-refractivity contribution in [2.45, 2.75) is 26.1 Å². The third-order valence-corrected chi connectivity index (χ3v) is 3.11. The first-order chi connectivity index (χ1) is 9.29. The Morgan fingerprint density at radius 1 is 1.47 bits per heavy atom. The van der Waals surface area contributed by atoms with Gasteiger partial charge in [-0.3, -0.25) is 9.58 Å². The predicted molar refractivity (Wildman–Crippen MR) is 66.3 cm³/mol. The SMILES string of the molecule is Cc1nc(CN2CCO[C@H](Cn3cccn3)C2)no1. The molecule has 0 unspecified atom stereocenters. The van der Waals surface area contributed by atoms with Crippen LogP contribution in [0.2, 0.25) is 0 Å². The molecule has 0 spiro atoms. The van der Waals surface area contributed by atoms with Crippen LogP contribution in [0.15, 0.2) is 23.0 Å². The van der Waals surface area contributed by atoms with Gasteiger partial charge in [-0.05, 0) is 6.07 Å². The Labute approximate surface area is 111 Å². The summed E-state index contributed by atoms with van der Waals surface area (Å²) >= 11 is 0. The third-order valence-electron chi connectivity index (χ3n) is 3.11. The fourth-order valence-corrected chi connectivity index (χ4v) is 2.26. The van der Waals surface area contributed by atoms with Gasteiger partial charge in [0.15, 0.2) is 5.82 Å². The summed E-state index contributed by atoms with van der Waals surface area (Å²) in [5, 5.41) is 8.13. The minimum absolute atomic E-state index is 0.154. The van der Waals surface area contributed by atoms with E-state index in [4.69, 9.17) is 9.26 Å². The highest BCUT2D eigenvalue weighted by Crippen LogP contribution is 2.10. The van der Waals surface area contributed by atoms with E-state index in [-0.39, 0.29) is 6.10 Å². The molecule has 3 rings (SSSR count). The Kier molecular flexibility index (Phi) is 3.56. The van der Waals surface area contributed by atoms with Crippen molar-refractivity contribution in [2.24, 2.45) is 0 Å². The monoisotopic (exact) mass is 263 g/mol. The topological polar surface area (TPSA) is 69.2 Å². The number of aryl methyl sites for hydroxylation is 1. The molecule has 0 aromatic carbocycles. The van der Waals surface area contributed by atoms with Crippen LogP contribution in [-0.2, 0) is 17.8 Å². The lowest BCUT2D eigenvalue weighted by atomic mass is 10.2. The molecule has 7 nitrogen and oxygen atoms in total. The van der Waals surface area contributed by atoms with E-state index in [0.29, 0.717) is 12.4 Å². The number of ether oxygens (including phenoxy) is 1. The number of hydrogen-bond donors (Lipinski definition) is 0. The van der Waals surface area contributed by atoms with Gasteiger partial charge in [-0.15, -0.1) is 0 Å². The summed E-state index contributed by atoms with van der Waals surface area (Å²) in [5.74, 6) is 1.34. The van der Waals surface area contributed by atoms with Gasteiger partial charge in [0.05, 0.1) is 25.8 Å². The molecule has 0 radical (unpaired) electrons. The molecule has 102 valence electrons. The lowest BCUT2D eigenvalue weighted by Crippen LogP contribution is -2.43. The summed E-state index contributed by atoms with van der Waals surface area (Å²) in [6.45, 7) is 5.75. The summed E-state index contributed by atoms with van der Waals surface area (Å²) in [6.07, 6.45) is 3.88. The molecule has 2 aromatic rings. The summed E-state index contributed by atoms with van der Waals surface area (Å²) in [6, 6.07) is 1.92. The second kappa shape index (κ2) is 5.50. The van der Waals surface area contributed by atoms with Gasteiger partial charge < -0.3 is 9.26 Å². The highest BCUT2D eigenvalue weighted by Gasteiger charge is 2.22. The first kappa shape index (κ1) is 12.3. The van der Waals surface area contributed by atoms with Gasteiger partial charge in [0.1, 0.15) is 0 Å². The van der Waals surface area contributed by atoms with E-state index >= 15 is 0 Å². The number of morpholine rings is 1. The molecule has 1 aliphatic rings. The van der Waals surface area contributed by atoms with E-state index < -0.39 is 0 Å². The Balaban J connectivity index is 1.55. The molecule has 1 aliphatic heterocycles. The van der Waals surface area contributed by atoms with E-state index in [9.17, 15) is 0 Å². The molecule has 0 saturated carbocycles. The number of hydrogen-bond acceptors (Lipinski definition) is 6. The largest absolute Gasteiger partial charge is 0.374 e. The van der Waals surface area contributed by atoms with Gasteiger partial charge in [0.25, 0.3) is 0 Å². The van der Waals surface area contributed by atoms with Crippen molar-refractivity contribution in [1.29, 1.82) is 0 Å². The molecule has 3 heterocycles. The average Bonchev–Trinajstić information content (AvgIpc) is 3.02. The third kappa shape index (κ3) is 3.18. The van der Waals surface area contributed by atoms with Crippen LogP contribution >= 0.6 is 0 Å². The van der Waals surface area contributed by atoms with Crippen LogP contribution in [0.4, 0.5) is 0 Å². The minimum Gasteiger partial charge on any atom is -0.374 e. The standard InChI is InChI=1S/C12H17N5O2/c1-10-14-12(15-19-10)9-16-5-6-18-11(7-16)8-17-4-2-3-13-17/h2-4,11H,5-9H2,1H3/t11-/m0/s1. The second-order valence-electron chi connectivity index (χ2n) is 4.69. The van der Waals surface area contributed by atoms with E-state index in [1.165, 1.54) is 0 Å². The molecule has 19 heavy (non-hydrogen) atoms. The summed E-state index contributed by atoms with van der Waals surface area (Å²) in [4.78, 5) is 6.51. The number of aromatic nitrogens is 4. The van der Waals surface area contributed by atoms with Crippen LogP contribution in [-0.4, -0.2) is 50.6 Å². The minimum atomic E-state index is 0.154. The smallest absolute Gasteiger partial charge is 0.223 e. The van der Waals surface area contributed by atoms with Crippen molar-refractivity contribution in [3.05, 3.63) is 30.2 Å². The first-order valence-electron chi connectivity index (χ1n) is 6.40. The summed E-state index contributed by atoms with van der Waals surface area (Å²) in [7, 11) is 0. The molecular formula is C12H17N5O2. The molecule has 1 fully saturated rings. The molecule has 1 saturated heterocycles. The maximum Gasteiger partial charge on any atom is 0.223 e. The lowest BCUT2D eigenvalue weighted by molar-refractivity contribution is -0.0410. The summed E-state index contributed by atoms with van der Waals surface area (Å²) < 4.78 is 12.6. The van der Waals surface area contributed by atoms with Crippen molar-refractivity contribution in [3.8, 4) is 0 Å². The molecular weight excluding hydrogens is 246 g/mol. The molecule has 1 atom stereocenters. The highest BCUT2D eigenvalue weighted by molar-refractivity contribution is 4.86. The Morgan fingerprint density at radius 2 is 2.42 bits per heavy atom. The van der Waals surface area contributed by atoms with E-state index in [0.717, 1.165) is 32.1 Å². The van der Waals surface area contributed by atoms with E-state index in [2.05, 4.69) is 20.1 Å². The van der Waals surface area contributed by atoms with Crippen molar-refractivity contribution in [3.63, 3.8) is 0 Å². The maximum absolute atomic E-state index is 5.76. The van der Waals surface area contributed by atoms with Crippen LogP contribution in [0, 0.1) is 6.92 Å². The van der Waals surface area contributed by atoms with Gasteiger partial charge in [-0.25, -0.2) is 0 Å².